The van der Waals surface area contributed by atoms with Crippen molar-refractivity contribution in [3.63, 3.8) is 0 Å². The van der Waals surface area contributed by atoms with E-state index in [1.807, 2.05) is 0 Å². The fraction of sp³-hybridized carbons (Fsp3) is 0.946. The molecule has 0 unspecified atom stereocenters. The summed E-state index contributed by atoms with van der Waals surface area (Å²) in [6.45, 7) is 14.2. The molecule has 0 aromatic heterocycles. The van der Waals surface area contributed by atoms with E-state index in [4.69, 9.17) is 15.2 Å². The molecule has 0 aliphatic heterocycles. The number of esters is 2. The zero-order valence-electron chi connectivity index (χ0n) is 29.3. The van der Waals surface area contributed by atoms with Gasteiger partial charge in [0, 0.05) is 12.8 Å². The number of hydrogen-bond acceptors (Lipinski definition) is 6. The van der Waals surface area contributed by atoms with Crippen molar-refractivity contribution in [2.24, 2.45) is 17.6 Å². The normalized spacial score (nSPS) is 11.6. The van der Waals surface area contributed by atoms with Crippen molar-refractivity contribution in [2.45, 2.75) is 175 Å². The van der Waals surface area contributed by atoms with Crippen LogP contribution in [-0.2, 0) is 19.1 Å². The van der Waals surface area contributed by atoms with E-state index >= 15 is 0 Å². The average molecular weight is 611 g/mol. The number of rotatable bonds is 33. The second-order valence-corrected chi connectivity index (χ2v) is 12.9. The van der Waals surface area contributed by atoms with Crippen LogP contribution in [0.4, 0.5) is 0 Å². The van der Waals surface area contributed by atoms with Crippen LogP contribution in [-0.4, -0.2) is 56.2 Å². The number of hydrogen-bond donors (Lipinski definition) is 1. The Kier molecular flexibility index (Phi) is 31.4. The summed E-state index contributed by atoms with van der Waals surface area (Å²) in [5.74, 6) is 1.38. The minimum atomic E-state index is -0.0158. The second-order valence-electron chi connectivity index (χ2n) is 12.9. The van der Waals surface area contributed by atoms with Gasteiger partial charge in [-0.15, -0.1) is 0 Å². The van der Waals surface area contributed by atoms with Gasteiger partial charge in [0.15, 0.2) is 0 Å². The summed E-state index contributed by atoms with van der Waals surface area (Å²) in [4.78, 5) is 26.7. The van der Waals surface area contributed by atoms with Gasteiger partial charge in [-0.05, 0) is 83.0 Å². The summed E-state index contributed by atoms with van der Waals surface area (Å²) < 4.78 is 11.0. The van der Waals surface area contributed by atoms with Crippen LogP contribution in [0.5, 0.6) is 0 Å². The van der Waals surface area contributed by atoms with E-state index in [0.29, 0.717) is 37.9 Å². The van der Waals surface area contributed by atoms with Gasteiger partial charge in [0.2, 0.25) is 0 Å². The Morgan fingerprint density at radius 2 is 0.860 bits per heavy atom. The topological polar surface area (TPSA) is 81.9 Å². The lowest BCUT2D eigenvalue weighted by Gasteiger charge is -2.22. The number of nitrogens with zero attached hydrogens (tertiary/aromatic N) is 1. The lowest BCUT2D eigenvalue weighted by Crippen LogP contribution is -2.28. The molecule has 0 spiro atoms. The highest BCUT2D eigenvalue weighted by molar-refractivity contribution is 5.69. The second kappa shape index (κ2) is 32.3. The summed E-state index contributed by atoms with van der Waals surface area (Å²) in [6, 6.07) is 0. The summed E-state index contributed by atoms with van der Waals surface area (Å²) >= 11 is 0. The summed E-state index contributed by atoms with van der Waals surface area (Å²) in [7, 11) is 0. The maximum absolute atomic E-state index is 12.1. The first-order valence-electron chi connectivity index (χ1n) is 18.7. The van der Waals surface area contributed by atoms with Crippen molar-refractivity contribution in [3.05, 3.63) is 0 Å². The molecule has 256 valence electrons. The van der Waals surface area contributed by atoms with Crippen LogP contribution in [0.1, 0.15) is 175 Å². The standard InChI is InChI=1S/C37H74N2O4/c1-5-20-34(21-6-2)26-32-42-36(40)24-15-11-9-13-17-29-39(31-19-28-38)30-18-14-10-12-16-25-37(41)43-33-27-35(22-7-3)23-8-4/h34-35H,5-33,38H2,1-4H3. The van der Waals surface area contributed by atoms with Crippen molar-refractivity contribution in [1.82, 2.24) is 4.90 Å². The van der Waals surface area contributed by atoms with Gasteiger partial charge >= 0.3 is 11.9 Å². The Bertz CT molecular complexity index is 555. The maximum Gasteiger partial charge on any atom is 0.305 e. The molecule has 0 aliphatic rings. The van der Waals surface area contributed by atoms with Gasteiger partial charge in [0.1, 0.15) is 0 Å². The highest BCUT2D eigenvalue weighted by Gasteiger charge is 2.11. The van der Waals surface area contributed by atoms with E-state index in [1.165, 1.54) is 89.9 Å². The fourth-order valence-electron chi connectivity index (χ4n) is 6.24. The van der Waals surface area contributed by atoms with Crippen LogP contribution >= 0.6 is 0 Å². The van der Waals surface area contributed by atoms with Gasteiger partial charge < -0.3 is 20.1 Å². The van der Waals surface area contributed by atoms with Gasteiger partial charge in [-0.2, -0.15) is 0 Å². The fourth-order valence-corrected chi connectivity index (χ4v) is 6.24. The predicted octanol–water partition coefficient (Wildman–Crippen LogP) is 9.62. The summed E-state index contributed by atoms with van der Waals surface area (Å²) in [5, 5.41) is 0. The molecule has 0 saturated carbocycles. The molecule has 6 nitrogen and oxygen atoms in total. The molecule has 0 saturated heterocycles. The van der Waals surface area contributed by atoms with E-state index in [2.05, 4.69) is 32.6 Å². The first-order chi connectivity index (χ1) is 21.0. The third-order valence-electron chi connectivity index (χ3n) is 8.75. The lowest BCUT2D eigenvalue weighted by molar-refractivity contribution is -0.145. The van der Waals surface area contributed by atoms with Crippen LogP contribution in [0.3, 0.4) is 0 Å². The number of carbonyl (C=O) groups excluding carboxylic acids is 2. The maximum atomic E-state index is 12.1. The van der Waals surface area contributed by atoms with Crippen LogP contribution in [0.15, 0.2) is 0 Å². The number of unbranched alkanes of at least 4 members (excludes halogenated alkanes) is 8. The highest BCUT2D eigenvalue weighted by Crippen LogP contribution is 2.19. The minimum Gasteiger partial charge on any atom is -0.466 e. The molecule has 0 heterocycles. The molecule has 0 aromatic rings. The monoisotopic (exact) mass is 611 g/mol. The first kappa shape index (κ1) is 41.9. The third kappa shape index (κ3) is 28.1. The third-order valence-corrected chi connectivity index (χ3v) is 8.75. The van der Waals surface area contributed by atoms with Crippen molar-refractivity contribution in [1.29, 1.82) is 0 Å². The number of nitrogens with two attached hydrogens (primary N) is 1. The Hall–Kier alpha value is -1.14. The molecule has 43 heavy (non-hydrogen) atoms. The minimum absolute atomic E-state index is 0.0158. The van der Waals surface area contributed by atoms with Gasteiger partial charge in [-0.25, -0.2) is 0 Å². The molecule has 0 aliphatic carbocycles. The van der Waals surface area contributed by atoms with Crippen molar-refractivity contribution < 1.29 is 19.1 Å². The number of ether oxygens (including phenoxy) is 2. The van der Waals surface area contributed by atoms with E-state index in [0.717, 1.165) is 71.1 Å². The van der Waals surface area contributed by atoms with E-state index < -0.39 is 0 Å². The van der Waals surface area contributed by atoms with E-state index in [-0.39, 0.29) is 11.9 Å². The quantitative estimate of drug-likeness (QED) is 0.0588. The molecular weight excluding hydrogens is 536 g/mol. The van der Waals surface area contributed by atoms with Crippen LogP contribution in [0.25, 0.3) is 0 Å². The van der Waals surface area contributed by atoms with Crippen LogP contribution < -0.4 is 5.73 Å². The Balaban J connectivity index is 3.83. The summed E-state index contributed by atoms with van der Waals surface area (Å²) in [5.41, 5.74) is 5.79. The zero-order valence-corrected chi connectivity index (χ0v) is 29.3. The Morgan fingerprint density at radius 3 is 1.23 bits per heavy atom. The molecular formula is C37H74N2O4. The van der Waals surface area contributed by atoms with Gasteiger partial charge in [-0.1, -0.05) is 118 Å². The molecule has 0 atom stereocenters. The average Bonchev–Trinajstić information content (AvgIpc) is 2.98. The SMILES string of the molecule is CCCC(CCC)CCOC(=O)CCCCCCCN(CCCN)CCCCCCCC(=O)OCCC(CCC)CCC. The van der Waals surface area contributed by atoms with Gasteiger partial charge in [0.05, 0.1) is 13.2 Å². The van der Waals surface area contributed by atoms with Crippen molar-refractivity contribution in [3.8, 4) is 0 Å². The predicted molar refractivity (Wildman–Crippen MR) is 183 cm³/mol. The largest absolute Gasteiger partial charge is 0.466 e. The highest BCUT2D eigenvalue weighted by atomic mass is 16.5. The molecule has 0 fully saturated rings. The molecule has 0 aromatic carbocycles. The van der Waals surface area contributed by atoms with E-state index in [1.54, 1.807) is 0 Å². The zero-order chi connectivity index (χ0) is 31.8. The van der Waals surface area contributed by atoms with Crippen LogP contribution in [0.2, 0.25) is 0 Å². The molecule has 0 amide bonds. The van der Waals surface area contributed by atoms with Gasteiger partial charge in [0.25, 0.3) is 0 Å². The molecule has 0 bridgehead atoms. The first-order valence-corrected chi connectivity index (χ1v) is 18.7. The molecule has 0 radical (unpaired) electrons. The lowest BCUT2D eigenvalue weighted by atomic mass is 9.95. The molecule has 2 N–H and O–H groups in total. The van der Waals surface area contributed by atoms with Crippen LogP contribution in [0, 0.1) is 11.8 Å². The smallest absolute Gasteiger partial charge is 0.305 e. The van der Waals surface area contributed by atoms with E-state index in [9.17, 15) is 9.59 Å². The number of carbonyl (C=O) groups is 2. The molecule has 0 rings (SSSR count). The van der Waals surface area contributed by atoms with Gasteiger partial charge in [-0.3, -0.25) is 9.59 Å². The Morgan fingerprint density at radius 1 is 0.512 bits per heavy atom. The molecule has 6 heteroatoms. The summed E-state index contributed by atoms with van der Waals surface area (Å²) in [6.07, 6.45) is 25.4. The Labute approximate surface area is 268 Å². The van der Waals surface area contributed by atoms with Crippen molar-refractivity contribution >= 4 is 11.9 Å². The van der Waals surface area contributed by atoms with Crippen molar-refractivity contribution in [2.75, 3.05) is 39.4 Å².